The number of urea groups is 1. The highest BCUT2D eigenvalue weighted by molar-refractivity contribution is 5.92. The van der Waals surface area contributed by atoms with Crippen molar-refractivity contribution in [2.24, 2.45) is 0 Å². The fraction of sp³-hybridized carbons (Fsp3) is 0.278. The summed E-state index contributed by atoms with van der Waals surface area (Å²) in [6, 6.07) is 10.7. The molecular weight excluding hydrogens is 334 g/mol. The number of carbonyl (C=O) groups excluding carboxylic acids is 1. The van der Waals surface area contributed by atoms with Crippen LogP contribution in [0, 0.1) is 0 Å². The maximum Gasteiger partial charge on any atom is 0.320 e. The standard InChI is InChI=1S/C18H21N5O3/c1-3-26-17-13-10-19-16(9-14(13)22-23-17)21-18(24)20-15(11-25-2)12-7-5-4-6-8-12/h4-10,15H,3,11H2,1-2H3,(H,22,23)(H2,19,20,21,24)/t15-/m1/s1. The maximum atomic E-state index is 12.3. The van der Waals surface area contributed by atoms with Gasteiger partial charge in [0.15, 0.2) is 0 Å². The molecule has 2 aromatic heterocycles. The Balaban J connectivity index is 1.69. The van der Waals surface area contributed by atoms with Crippen molar-refractivity contribution < 1.29 is 14.3 Å². The fourth-order valence-electron chi connectivity index (χ4n) is 2.59. The van der Waals surface area contributed by atoms with Gasteiger partial charge in [0.2, 0.25) is 5.88 Å². The molecule has 1 atom stereocenters. The number of hydrogen-bond acceptors (Lipinski definition) is 5. The third-order valence-electron chi connectivity index (χ3n) is 3.78. The van der Waals surface area contributed by atoms with Crippen LogP contribution in [0.25, 0.3) is 10.9 Å². The minimum atomic E-state index is -0.368. The zero-order valence-corrected chi connectivity index (χ0v) is 14.7. The second-order valence-corrected chi connectivity index (χ2v) is 5.59. The Bertz CT molecular complexity index is 866. The molecule has 0 aliphatic rings. The number of fused-ring (bicyclic) bond motifs is 1. The van der Waals surface area contributed by atoms with E-state index in [-0.39, 0.29) is 12.1 Å². The van der Waals surface area contributed by atoms with Gasteiger partial charge in [0.25, 0.3) is 0 Å². The summed E-state index contributed by atoms with van der Waals surface area (Å²) in [4.78, 5) is 16.6. The Morgan fingerprint density at radius 1 is 1.31 bits per heavy atom. The van der Waals surface area contributed by atoms with Gasteiger partial charge in [-0.3, -0.25) is 10.4 Å². The SMILES string of the molecule is CCOc1n[nH]c2cc(NC(=O)N[C@H](COC)c3ccccc3)ncc12. The Labute approximate surface area is 150 Å². The number of hydrogen-bond donors (Lipinski definition) is 3. The fourth-order valence-corrected chi connectivity index (χ4v) is 2.59. The maximum absolute atomic E-state index is 12.3. The number of nitrogens with one attached hydrogen (secondary N) is 3. The van der Waals surface area contributed by atoms with E-state index in [4.69, 9.17) is 9.47 Å². The number of amides is 2. The van der Waals surface area contributed by atoms with E-state index in [1.54, 1.807) is 19.4 Å². The van der Waals surface area contributed by atoms with Crippen LogP contribution in [-0.2, 0) is 4.74 Å². The normalized spacial score (nSPS) is 11.9. The predicted octanol–water partition coefficient (Wildman–Crippen LogP) is 2.87. The molecule has 3 rings (SSSR count). The number of benzene rings is 1. The van der Waals surface area contributed by atoms with Crippen LogP contribution in [0.4, 0.5) is 10.6 Å². The van der Waals surface area contributed by atoms with Gasteiger partial charge in [0.05, 0.1) is 30.2 Å². The highest BCUT2D eigenvalue weighted by Crippen LogP contribution is 2.23. The van der Waals surface area contributed by atoms with Crippen LogP contribution >= 0.6 is 0 Å². The zero-order valence-electron chi connectivity index (χ0n) is 14.7. The van der Waals surface area contributed by atoms with Crippen LogP contribution in [-0.4, -0.2) is 41.5 Å². The lowest BCUT2D eigenvalue weighted by Gasteiger charge is -2.18. The van der Waals surface area contributed by atoms with Crippen molar-refractivity contribution in [3.8, 4) is 5.88 Å². The highest BCUT2D eigenvalue weighted by atomic mass is 16.5. The molecule has 0 saturated heterocycles. The monoisotopic (exact) mass is 355 g/mol. The van der Waals surface area contributed by atoms with E-state index in [0.717, 1.165) is 16.5 Å². The van der Waals surface area contributed by atoms with Crippen LogP contribution in [0.5, 0.6) is 5.88 Å². The summed E-state index contributed by atoms with van der Waals surface area (Å²) >= 11 is 0. The molecule has 0 aliphatic carbocycles. The van der Waals surface area contributed by atoms with Crippen molar-refractivity contribution in [2.45, 2.75) is 13.0 Å². The van der Waals surface area contributed by atoms with E-state index in [9.17, 15) is 4.79 Å². The Morgan fingerprint density at radius 3 is 2.85 bits per heavy atom. The van der Waals surface area contributed by atoms with Crippen LogP contribution in [0.2, 0.25) is 0 Å². The second kappa shape index (κ2) is 8.30. The Kier molecular flexibility index (Phi) is 5.65. The lowest BCUT2D eigenvalue weighted by molar-refractivity contribution is 0.168. The molecular formula is C18H21N5O3. The smallest absolute Gasteiger partial charge is 0.320 e. The van der Waals surface area contributed by atoms with Crippen LogP contribution < -0.4 is 15.4 Å². The molecule has 0 aliphatic heterocycles. The van der Waals surface area contributed by atoms with E-state index >= 15 is 0 Å². The third kappa shape index (κ3) is 4.09. The first-order valence-electron chi connectivity index (χ1n) is 8.29. The Morgan fingerprint density at radius 2 is 2.12 bits per heavy atom. The quantitative estimate of drug-likeness (QED) is 0.605. The summed E-state index contributed by atoms with van der Waals surface area (Å²) in [6.07, 6.45) is 1.61. The largest absolute Gasteiger partial charge is 0.476 e. The van der Waals surface area contributed by atoms with Crippen molar-refractivity contribution in [1.82, 2.24) is 20.5 Å². The summed E-state index contributed by atoms with van der Waals surface area (Å²) in [5.74, 6) is 0.904. The molecule has 0 spiro atoms. The molecule has 0 unspecified atom stereocenters. The van der Waals surface area contributed by atoms with Gasteiger partial charge in [-0.2, -0.15) is 0 Å². The molecule has 0 radical (unpaired) electrons. The number of nitrogens with zero attached hydrogens (tertiary/aromatic N) is 2. The van der Waals surface area contributed by atoms with Crippen LogP contribution in [0.3, 0.4) is 0 Å². The lowest BCUT2D eigenvalue weighted by Crippen LogP contribution is -2.35. The van der Waals surface area contributed by atoms with Gasteiger partial charge in [-0.25, -0.2) is 9.78 Å². The summed E-state index contributed by atoms with van der Waals surface area (Å²) in [6.45, 7) is 2.77. The summed E-state index contributed by atoms with van der Waals surface area (Å²) in [5, 5.41) is 13.3. The first kappa shape index (κ1) is 17.7. The molecule has 3 aromatic rings. The van der Waals surface area contributed by atoms with E-state index in [2.05, 4.69) is 25.8 Å². The number of aromatic amines is 1. The molecule has 0 saturated carbocycles. The highest BCUT2D eigenvalue weighted by Gasteiger charge is 2.15. The molecule has 26 heavy (non-hydrogen) atoms. The van der Waals surface area contributed by atoms with E-state index in [1.165, 1.54) is 0 Å². The first-order valence-corrected chi connectivity index (χ1v) is 8.29. The minimum absolute atomic E-state index is 0.262. The molecule has 0 fully saturated rings. The van der Waals surface area contributed by atoms with Gasteiger partial charge in [-0.1, -0.05) is 30.3 Å². The van der Waals surface area contributed by atoms with Crippen molar-refractivity contribution >= 4 is 22.8 Å². The molecule has 0 bridgehead atoms. The zero-order chi connectivity index (χ0) is 18.4. The Hall–Kier alpha value is -3.13. The predicted molar refractivity (Wildman–Crippen MR) is 98.3 cm³/mol. The van der Waals surface area contributed by atoms with Crippen molar-refractivity contribution in [3.05, 3.63) is 48.2 Å². The van der Waals surface area contributed by atoms with Crippen molar-refractivity contribution in [3.63, 3.8) is 0 Å². The lowest BCUT2D eigenvalue weighted by atomic mass is 10.1. The third-order valence-corrected chi connectivity index (χ3v) is 3.78. The number of pyridine rings is 1. The summed E-state index contributed by atoms with van der Waals surface area (Å²) in [7, 11) is 1.60. The van der Waals surface area contributed by atoms with Gasteiger partial charge in [0, 0.05) is 19.4 Å². The van der Waals surface area contributed by atoms with Gasteiger partial charge in [-0.15, -0.1) is 5.10 Å². The number of carbonyl (C=O) groups is 1. The van der Waals surface area contributed by atoms with E-state index in [0.29, 0.717) is 24.9 Å². The van der Waals surface area contributed by atoms with Crippen molar-refractivity contribution in [1.29, 1.82) is 0 Å². The topological polar surface area (TPSA) is 101 Å². The average Bonchev–Trinajstić information content (AvgIpc) is 3.05. The number of ether oxygens (including phenoxy) is 2. The number of H-pyrrole nitrogens is 1. The molecule has 8 nitrogen and oxygen atoms in total. The average molecular weight is 355 g/mol. The van der Waals surface area contributed by atoms with Gasteiger partial charge < -0.3 is 14.8 Å². The number of aromatic nitrogens is 3. The first-order chi connectivity index (χ1) is 12.7. The van der Waals surface area contributed by atoms with E-state index in [1.807, 2.05) is 37.3 Å². The van der Waals surface area contributed by atoms with Gasteiger partial charge >= 0.3 is 6.03 Å². The van der Waals surface area contributed by atoms with Crippen molar-refractivity contribution in [2.75, 3.05) is 25.6 Å². The number of anilines is 1. The molecule has 1 aromatic carbocycles. The number of methoxy groups -OCH3 is 1. The molecule has 2 heterocycles. The summed E-state index contributed by atoms with van der Waals surface area (Å²) in [5.41, 5.74) is 1.69. The molecule has 2 amide bonds. The van der Waals surface area contributed by atoms with Crippen LogP contribution in [0.15, 0.2) is 42.6 Å². The minimum Gasteiger partial charge on any atom is -0.476 e. The van der Waals surface area contributed by atoms with Crippen LogP contribution in [0.1, 0.15) is 18.5 Å². The van der Waals surface area contributed by atoms with E-state index < -0.39 is 0 Å². The molecule has 3 N–H and O–H groups in total. The molecule has 8 heteroatoms. The summed E-state index contributed by atoms with van der Waals surface area (Å²) < 4.78 is 10.6. The van der Waals surface area contributed by atoms with Gasteiger partial charge in [-0.05, 0) is 12.5 Å². The number of rotatable bonds is 7. The van der Waals surface area contributed by atoms with Gasteiger partial charge in [0.1, 0.15) is 5.82 Å². The molecule has 136 valence electrons. The second-order valence-electron chi connectivity index (χ2n) is 5.59.